The van der Waals surface area contributed by atoms with Crippen molar-refractivity contribution in [2.45, 2.75) is 26.9 Å². The maximum absolute atomic E-state index is 12.4. The van der Waals surface area contributed by atoms with Gasteiger partial charge in [0.15, 0.2) is 11.5 Å². The molecule has 27 heavy (non-hydrogen) atoms. The van der Waals surface area contributed by atoms with Crippen molar-refractivity contribution in [3.05, 3.63) is 42.1 Å². The first kappa shape index (κ1) is 19.0. The molecule has 1 aliphatic rings. The van der Waals surface area contributed by atoms with Crippen LogP contribution in [-0.4, -0.2) is 47.3 Å². The summed E-state index contributed by atoms with van der Waals surface area (Å²) in [5, 5.41) is 12.8. The Labute approximate surface area is 158 Å². The number of β-amino-alcohol motifs (C(OH)–C–C–N with tert-alkyl or cyclic N) is 1. The number of aromatic nitrogens is 1. The Kier molecular flexibility index (Phi) is 5.23. The lowest BCUT2D eigenvalue weighted by Gasteiger charge is -2.21. The molecule has 1 aromatic carbocycles. The van der Waals surface area contributed by atoms with Crippen molar-refractivity contribution < 1.29 is 19.4 Å². The molecule has 2 aromatic rings. The van der Waals surface area contributed by atoms with Crippen LogP contribution in [0.3, 0.4) is 0 Å². The first-order valence-corrected chi connectivity index (χ1v) is 8.81. The van der Waals surface area contributed by atoms with Crippen LogP contribution in [0.1, 0.15) is 19.4 Å². The number of benzene rings is 1. The summed E-state index contributed by atoms with van der Waals surface area (Å²) in [5.41, 5.74) is 1.32. The van der Waals surface area contributed by atoms with Gasteiger partial charge in [-0.25, -0.2) is 9.78 Å². The van der Waals surface area contributed by atoms with Gasteiger partial charge in [0.2, 0.25) is 5.88 Å². The molecule has 0 saturated carbocycles. The van der Waals surface area contributed by atoms with Crippen LogP contribution in [0.5, 0.6) is 17.4 Å². The highest BCUT2D eigenvalue weighted by Crippen LogP contribution is 2.32. The molecule has 1 aromatic heterocycles. The average molecular weight is 371 g/mol. The van der Waals surface area contributed by atoms with Crippen molar-refractivity contribution in [1.29, 1.82) is 0 Å². The first-order valence-electron chi connectivity index (χ1n) is 8.81. The summed E-state index contributed by atoms with van der Waals surface area (Å²) in [7, 11) is 1.59. The van der Waals surface area contributed by atoms with Crippen molar-refractivity contribution in [1.82, 2.24) is 9.88 Å². The number of carbonyl (C=O) groups excluding carboxylic acids is 1. The zero-order chi connectivity index (χ0) is 19.6. The van der Waals surface area contributed by atoms with Gasteiger partial charge in [0, 0.05) is 24.6 Å². The summed E-state index contributed by atoms with van der Waals surface area (Å²) < 4.78 is 11.1. The zero-order valence-corrected chi connectivity index (χ0v) is 16.0. The molecular weight excluding hydrogens is 346 g/mol. The summed E-state index contributed by atoms with van der Waals surface area (Å²) >= 11 is 0. The predicted octanol–water partition coefficient (Wildman–Crippen LogP) is 3.43. The standard InChI is InChI=1S/C20H25N3O4/c1-13-5-7-15(16(9-13)26-4)27-18-8-6-14(10-21-18)22-19(25)23-11-17(24)20(2,3)12-23/h5-10,17,24H,11-12H2,1-4H3,(H,22,25). The minimum absolute atomic E-state index is 0.254. The molecule has 144 valence electrons. The summed E-state index contributed by atoms with van der Waals surface area (Å²) in [5.74, 6) is 1.60. The number of pyridine rings is 1. The zero-order valence-electron chi connectivity index (χ0n) is 16.0. The van der Waals surface area contributed by atoms with Gasteiger partial charge in [-0.05, 0) is 30.7 Å². The number of anilines is 1. The molecule has 1 fully saturated rings. The third-order valence-electron chi connectivity index (χ3n) is 4.70. The number of hydrogen-bond acceptors (Lipinski definition) is 5. The second-order valence-corrected chi connectivity index (χ2v) is 7.46. The van der Waals surface area contributed by atoms with Crippen LogP contribution in [0.25, 0.3) is 0 Å². The lowest BCUT2D eigenvalue weighted by atomic mass is 9.90. The van der Waals surface area contributed by atoms with E-state index in [1.165, 1.54) is 6.20 Å². The van der Waals surface area contributed by atoms with Crippen LogP contribution in [0.4, 0.5) is 10.5 Å². The van der Waals surface area contributed by atoms with Gasteiger partial charge in [-0.2, -0.15) is 0 Å². The highest BCUT2D eigenvalue weighted by Gasteiger charge is 2.40. The molecular formula is C20H25N3O4. The molecule has 0 aliphatic carbocycles. The molecule has 1 atom stereocenters. The lowest BCUT2D eigenvalue weighted by molar-refractivity contribution is 0.0957. The van der Waals surface area contributed by atoms with Gasteiger partial charge in [-0.3, -0.25) is 0 Å². The molecule has 2 amide bonds. The third-order valence-corrected chi connectivity index (χ3v) is 4.70. The topological polar surface area (TPSA) is 83.9 Å². The van der Waals surface area contributed by atoms with Crippen molar-refractivity contribution >= 4 is 11.7 Å². The predicted molar refractivity (Wildman–Crippen MR) is 102 cm³/mol. The normalized spacial score (nSPS) is 18.3. The van der Waals surface area contributed by atoms with Crippen LogP contribution in [0, 0.1) is 12.3 Å². The van der Waals surface area contributed by atoms with Crippen LogP contribution < -0.4 is 14.8 Å². The van der Waals surface area contributed by atoms with Gasteiger partial charge in [-0.1, -0.05) is 19.9 Å². The van der Waals surface area contributed by atoms with Crippen LogP contribution in [0.2, 0.25) is 0 Å². The Bertz CT molecular complexity index is 820. The number of rotatable bonds is 4. The highest BCUT2D eigenvalue weighted by atomic mass is 16.5. The van der Waals surface area contributed by atoms with Crippen LogP contribution >= 0.6 is 0 Å². The van der Waals surface area contributed by atoms with Gasteiger partial charge in [0.05, 0.1) is 25.1 Å². The van der Waals surface area contributed by atoms with E-state index in [1.807, 2.05) is 39.0 Å². The second-order valence-electron chi connectivity index (χ2n) is 7.46. The number of carbonyl (C=O) groups is 1. The number of aliphatic hydroxyl groups is 1. The number of hydrogen-bond donors (Lipinski definition) is 2. The largest absolute Gasteiger partial charge is 0.493 e. The fourth-order valence-electron chi connectivity index (χ4n) is 2.96. The van der Waals surface area contributed by atoms with Crippen molar-refractivity contribution in [3.63, 3.8) is 0 Å². The van der Waals surface area contributed by atoms with Crippen LogP contribution in [-0.2, 0) is 0 Å². The first-order chi connectivity index (χ1) is 12.8. The fourth-order valence-corrected chi connectivity index (χ4v) is 2.96. The number of methoxy groups -OCH3 is 1. The number of ether oxygens (including phenoxy) is 2. The van der Waals surface area contributed by atoms with E-state index < -0.39 is 6.10 Å². The third kappa shape index (κ3) is 4.31. The van der Waals surface area contributed by atoms with Crippen molar-refractivity contribution in [3.8, 4) is 17.4 Å². The Morgan fingerprint density at radius 2 is 2.07 bits per heavy atom. The molecule has 0 bridgehead atoms. The summed E-state index contributed by atoms with van der Waals surface area (Å²) in [6.07, 6.45) is 1.01. The molecule has 2 N–H and O–H groups in total. The fraction of sp³-hybridized carbons (Fsp3) is 0.400. The molecule has 1 aliphatic heterocycles. The smallest absolute Gasteiger partial charge is 0.321 e. The van der Waals surface area contributed by atoms with Crippen molar-refractivity contribution in [2.75, 3.05) is 25.5 Å². The number of urea groups is 1. The molecule has 1 unspecified atom stereocenters. The minimum atomic E-state index is -0.526. The van der Waals surface area contributed by atoms with Gasteiger partial charge in [0.1, 0.15) is 0 Å². The maximum atomic E-state index is 12.4. The number of aliphatic hydroxyl groups excluding tert-OH is 1. The summed E-state index contributed by atoms with van der Waals surface area (Å²) in [6, 6.07) is 8.78. The van der Waals surface area contributed by atoms with Crippen LogP contribution in [0.15, 0.2) is 36.5 Å². The molecule has 3 rings (SSSR count). The number of amides is 2. The van der Waals surface area contributed by atoms with Gasteiger partial charge >= 0.3 is 6.03 Å². The average Bonchev–Trinajstić information content (AvgIpc) is 2.91. The monoisotopic (exact) mass is 371 g/mol. The molecule has 2 heterocycles. The minimum Gasteiger partial charge on any atom is -0.493 e. The van der Waals surface area contributed by atoms with E-state index in [2.05, 4.69) is 10.3 Å². The lowest BCUT2D eigenvalue weighted by Crippen LogP contribution is -2.34. The van der Waals surface area contributed by atoms with E-state index in [0.717, 1.165) is 5.56 Å². The van der Waals surface area contributed by atoms with E-state index in [4.69, 9.17) is 9.47 Å². The Balaban J connectivity index is 1.63. The van der Waals surface area contributed by atoms with E-state index in [0.29, 0.717) is 36.2 Å². The Morgan fingerprint density at radius 3 is 2.67 bits per heavy atom. The van der Waals surface area contributed by atoms with E-state index >= 15 is 0 Å². The molecule has 7 nitrogen and oxygen atoms in total. The number of nitrogens with zero attached hydrogens (tertiary/aromatic N) is 2. The molecule has 7 heteroatoms. The van der Waals surface area contributed by atoms with Gasteiger partial charge in [0.25, 0.3) is 0 Å². The summed E-state index contributed by atoms with van der Waals surface area (Å²) in [4.78, 5) is 18.2. The number of nitrogens with one attached hydrogen (secondary N) is 1. The molecule has 0 radical (unpaired) electrons. The van der Waals surface area contributed by atoms with E-state index in [1.54, 1.807) is 24.1 Å². The SMILES string of the molecule is COc1cc(C)ccc1Oc1ccc(NC(=O)N2CC(O)C(C)(C)C2)cn1. The molecule has 0 spiro atoms. The van der Waals surface area contributed by atoms with Gasteiger partial charge < -0.3 is 24.8 Å². The van der Waals surface area contributed by atoms with Crippen molar-refractivity contribution in [2.24, 2.45) is 5.41 Å². The quantitative estimate of drug-likeness (QED) is 0.860. The highest BCUT2D eigenvalue weighted by molar-refractivity contribution is 5.89. The number of aryl methyl sites for hydroxylation is 1. The summed E-state index contributed by atoms with van der Waals surface area (Å²) in [6.45, 7) is 6.68. The Hall–Kier alpha value is -2.80. The number of likely N-dealkylation sites (tertiary alicyclic amines) is 1. The van der Waals surface area contributed by atoms with E-state index in [9.17, 15) is 9.90 Å². The second kappa shape index (κ2) is 7.44. The van der Waals surface area contributed by atoms with Gasteiger partial charge in [-0.15, -0.1) is 0 Å². The molecule has 1 saturated heterocycles. The maximum Gasteiger partial charge on any atom is 0.321 e. The Morgan fingerprint density at radius 1 is 1.30 bits per heavy atom. The van der Waals surface area contributed by atoms with E-state index in [-0.39, 0.29) is 11.4 Å².